The number of hydrogen-bond donors (Lipinski definition) is 1. The second kappa shape index (κ2) is 9.45. The minimum atomic E-state index is -0.884. The lowest BCUT2D eigenvalue weighted by molar-refractivity contribution is 0.0696. The van der Waals surface area contributed by atoms with Crippen LogP contribution in [0, 0.1) is 5.92 Å². The van der Waals surface area contributed by atoms with Gasteiger partial charge in [-0.3, -0.25) is 0 Å². The Hall–Kier alpha value is -3.66. The van der Waals surface area contributed by atoms with Crippen molar-refractivity contribution in [1.29, 1.82) is 0 Å². The molecule has 1 aliphatic rings. The maximum Gasteiger partial charge on any atom is 0.335 e. The van der Waals surface area contributed by atoms with E-state index in [9.17, 15) is 9.90 Å². The zero-order valence-electron chi connectivity index (χ0n) is 18.5. The number of benzene rings is 3. The van der Waals surface area contributed by atoms with Gasteiger partial charge in [0.1, 0.15) is 5.69 Å². The highest BCUT2D eigenvalue weighted by atomic mass is 16.4. The van der Waals surface area contributed by atoms with E-state index in [4.69, 9.17) is 9.40 Å². The lowest BCUT2D eigenvalue weighted by Crippen LogP contribution is -2.20. The summed E-state index contributed by atoms with van der Waals surface area (Å²) in [4.78, 5) is 16.5. The summed E-state index contributed by atoms with van der Waals surface area (Å²) in [6.45, 7) is 0. The van der Waals surface area contributed by atoms with Crippen LogP contribution in [0.25, 0.3) is 22.6 Å². The molecule has 4 aromatic rings. The monoisotopic (exact) mass is 437 g/mol. The van der Waals surface area contributed by atoms with Crippen molar-refractivity contribution >= 4 is 5.97 Å². The molecule has 0 saturated heterocycles. The van der Waals surface area contributed by atoms with Gasteiger partial charge in [-0.25, -0.2) is 9.78 Å². The van der Waals surface area contributed by atoms with E-state index in [-0.39, 0.29) is 5.92 Å². The summed E-state index contributed by atoms with van der Waals surface area (Å²) in [5, 5.41) is 9.37. The number of oxazole rings is 1. The van der Waals surface area contributed by atoms with Crippen LogP contribution < -0.4 is 0 Å². The summed E-state index contributed by atoms with van der Waals surface area (Å²) in [7, 11) is 0. The Bertz CT molecular complexity index is 1170. The zero-order chi connectivity index (χ0) is 22.6. The molecule has 33 heavy (non-hydrogen) atoms. The first-order valence-electron chi connectivity index (χ1n) is 11.6. The largest absolute Gasteiger partial charge is 0.478 e. The van der Waals surface area contributed by atoms with E-state index in [1.165, 1.54) is 6.42 Å². The van der Waals surface area contributed by atoms with Crippen molar-refractivity contribution in [2.75, 3.05) is 0 Å². The normalized spacial score (nSPS) is 18.2. The first kappa shape index (κ1) is 21.2. The van der Waals surface area contributed by atoms with Gasteiger partial charge in [0.05, 0.1) is 5.56 Å². The Labute approximate surface area is 193 Å². The smallest absolute Gasteiger partial charge is 0.335 e. The molecule has 5 rings (SSSR count). The number of hydrogen-bond acceptors (Lipinski definition) is 3. The van der Waals surface area contributed by atoms with Gasteiger partial charge in [-0.2, -0.15) is 0 Å². The molecule has 1 aromatic heterocycles. The Morgan fingerprint density at radius 3 is 2.30 bits per heavy atom. The van der Waals surface area contributed by atoms with Crippen LogP contribution in [0.4, 0.5) is 0 Å². The van der Waals surface area contributed by atoms with Crippen molar-refractivity contribution in [3.05, 3.63) is 102 Å². The second-order valence-corrected chi connectivity index (χ2v) is 8.82. The topological polar surface area (TPSA) is 63.3 Å². The van der Waals surface area contributed by atoms with Gasteiger partial charge in [0.15, 0.2) is 11.7 Å². The van der Waals surface area contributed by atoms with Crippen LogP contribution >= 0.6 is 0 Å². The molecule has 1 heterocycles. The second-order valence-electron chi connectivity index (χ2n) is 8.82. The Morgan fingerprint density at radius 1 is 0.879 bits per heavy atom. The molecule has 0 amide bonds. The molecule has 0 bridgehead atoms. The van der Waals surface area contributed by atoms with Gasteiger partial charge in [-0.05, 0) is 42.9 Å². The van der Waals surface area contributed by atoms with Crippen LogP contribution in [0.2, 0.25) is 0 Å². The highest BCUT2D eigenvalue weighted by Gasteiger charge is 2.32. The van der Waals surface area contributed by atoms with Gasteiger partial charge in [0.25, 0.3) is 0 Å². The maximum atomic E-state index is 11.4. The molecule has 4 heteroatoms. The van der Waals surface area contributed by atoms with Crippen LogP contribution in [0.15, 0.2) is 89.3 Å². The quantitative estimate of drug-likeness (QED) is 0.346. The Kier molecular flexibility index (Phi) is 6.07. The number of nitrogens with zero attached hydrogens (tertiary/aromatic N) is 1. The number of aromatic nitrogens is 1. The third kappa shape index (κ3) is 4.61. The predicted molar refractivity (Wildman–Crippen MR) is 129 cm³/mol. The first-order chi connectivity index (χ1) is 16.2. The summed E-state index contributed by atoms with van der Waals surface area (Å²) >= 11 is 0. The summed E-state index contributed by atoms with van der Waals surface area (Å²) in [5.74, 6) is 1.31. The number of carbonyl (C=O) groups is 1. The summed E-state index contributed by atoms with van der Waals surface area (Å²) < 4.78 is 6.52. The molecule has 166 valence electrons. The van der Waals surface area contributed by atoms with Crippen LogP contribution in [0.3, 0.4) is 0 Å². The van der Waals surface area contributed by atoms with Gasteiger partial charge in [-0.15, -0.1) is 0 Å². The minimum absolute atomic E-state index is 0.215. The number of carboxylic acid groups (broad SMARTS) is 1. The van der Waals surface area contributed by atoms with Crippen LogP contribution in [-0.2, 0) is 6.42 Å². The lowest BCUT2D eigenvalue weighted by Gasteiger charge is -2.29. The summed E-state index contributed by atoms with van der Waals surface area (Å²) in [6, 6.07) is 27.7. The van der Waals surface area contributed by atoms with Crippen LogP contribution in [-0.4, -0.2) is 16.1 Å². The number of carboxylic acids is 1. The van der Waals surface area contributed by atoms with Gasteiger partial charge in [0, 0.05) is 17.0 Å². The van der Waals surface area contributed by atoms with E-state index >= 15 is 0 Å². The molecule has 1 N–H and O–H groups in total. The molecule has 0 aliphatic heterocycles. The number of aromatic carboxylic acids is 1. The van der Waals surface area contributed by atoms with E-state index < -0.39 is 5.97 Å². The number of rotatable bonds is 6. The zero-order valence-corrected chi connectivity index (χ0v) is 18.5. The fourth-order valence-electron chi connectivity index (χ4n) is 4.98. The third-order valence-electron chi connectivity index (χ3n) is 6.63. The predicted octanol–water partition coefficient (Wildman–Crippen LogP) is 7.22. The molecule has 0 radical (unpaired) electrons. The van der Waals surface area contributed by atoms with Crippen molar-refractivity contribution in [2.45, 2.75) is 38.0 Å². The van der Waals surface area contributed by atoms with Gasteiger partial charge >= 0.3 is 5.97 Å². The molecule has 0 spiro atoms. The molecular formula is C29H27NO3. The summed E-state index contributed by atoms with van der Waals surface area (Å²) in [6.07, 6.45) is 5.28. The molecule has 1 fully saturated rings. The first-order valence-corrected chi connectivity index (χ1v) is 11.6. The van der Waals surface area contributed by atoms with Gasteiger partial charge < -0.3 is 9.52 Å². The maximum absolute atomic E-state index is 11.4. The van der Waals surface area contributed by atoms with E-state index in [2.05, 4.69) is 24.3 Å². The van der Waals surface area contributed by atoms with Crippen molar-refractivity contribution in [2.24, 2.45) is 5.92 Å². The van der Waals surface area contributed by atoms with E-state index in [0.29, 0.717) is 11.5 Å². The van der Waals surface area contributed by atoms with Crippen LogP contribution in [0.1, 0.15) is 53.4 Å². The SMILES string of the molecule is O=C(O)c1cccc(CC2CCCCC2c2nc(-c3ccccc3)c(-c3ccccc3)o2)c1. The molecule has 1 saturated carbocycles. The lowest BCUT2D eigenvalue weighted by atomic mass is 9.76. The highest BCUT2D eigenvalue weighted by Crippen LogP contribution is 2.43. The van der Waals surface area contributed by atoms with E-state index in [0.717, 1.165) is 59.7 Å². The Balaban J connectivity index is 1.51. The highest BCUT2D eigenvalue weighted by molar-refractivity contribution is 5.87. The van der Waals surface area contributed by atoms with Crippen molar-refractivity contribution in [3.63, 3.8) is 0 Å². The molecule has 1 aliphatic carbocycles. The fraction of sp³-hybridized carbons (Fsp3) is 0.241. The van der Waals surface area contributed by atoms with Crippen LogP contribution in [0.5, 0.6) is 0 Å². The molecule has 2 unspecified atom stereocenters. The van der Waals surface area contributed by atoms with E-state index in [1.54, 1.807) is 12.1 Å². The minimum Gasteiger partial charge on any atom is -0.478 e. The fourth-order valence-corrected chi connectivity index (χ4v) is 4.98. The van der Waals surface area contributed by atoms with Gasteiger partial charge in [-0.1, -0.05) is 85.6 Å². The standard InChI is InChI=1S/C29H27NO3/c31-29(32)24-16-9-10-20(19-24)18-23-15-7-8-17-25(23)28-30-26(21-11-3-1-4-12-21)27(33-28)22-13-5-2-6-14-22/h1-6,9-14,16,19,23,25H,7-8,15,17-18H2,(H,31,32). The Morgan fingerprint density at radius 2 is 1.58 bits per heavy atom. The average molecular weight is 438 g/mol. The molecular weight excluding hydrogens is 410 g/mol. The van der Waals surface area contributed by atoms with E-state index in [1.807, 2.05) is 48.5 Å². The molecule has 4 nitrogen and oxygen atoms in total. The summed E-state index contributed by atoms with van der Waals surface area (Å²) in [5.41, 5.74) is 4.36. The molecule has 2 atom stereocenters. The van der Waals surface area contributed by atoms with Crippen molar-refractivity contribution in [3.8, 4) is 22.6 Å². The van der Waals surface area contributed by atoms with Crippen molar-refractivity contribution < 1.29 is 14.3 Å². The van der Waals surface area contributed by atoms with Gasteiger partial charge in [0.2, 0.25) is 0 Å². The van der Waals surface area contributed by atoms with Crippen molar-refractivity contribution in [1.82, 2.24) is 4.98 Å². The molecule has 3 aromatic carbocycles. The average Bonchev–Trinajstić information content (AvgIpc) is 3.31. The third-order valence-corrected chi connectivity index (χ3v) is 6.63.